The number of rotatable bonds is 2. The second-order valence-electron chi connectivity index (χ2n) is 5.06. The number of imidazole rings is 2. The van der Waals surface area contributed by atoms with Crippen molar-refractivity contribution >= 4 is 16.9 Å². The number of aromatic nitrogens is 5. The fourth-order valence-corrected chi connectivity index (χ4v) is 2.76. The topological polar surface area (TPSA) is 97.4 Å². The molecule has 0 aromatic carbocycles. The van der Waals surface area contributed by atoms with Crippen molar-refractivity contribution in [1.29, 1.82) is 0 Å². The number of nitrogens with zero attached hydrogens (tertiary/aromatic N) is 4. The third kappa shape index (κ3) is 2.25. The minimum absolute atomic E-state index is 0. The molecule has 0 bridgehead atoms. The van der Waals surface area contributed by atoms with E-state index < -0.39 is 12.3 Å². The molecule has 3 aromatic heterocycles. The van der Waals surface area contributed by atoms with Gasteiger partial charge in [0.15, 0.2) is 11.2 Å². The minimum atomic E-state index is -0.627. The van der Waals surface area contributed by atoms with E-state index in [-0.39, 0.29) is 44.4 Å². The Balaban J connectivity index is 0.00000144. The minimum Gasteiger partial charge on any atom is -0.422 e. The van der Waals surface area contributed by atoms with Crippen molar-refractivity contribution in [3.05, 3.63) is 35.5 Å². The molecule has 1 radical (unpaired) electrons. The Morgan fingerprint density at radius 3 is 3.05 bits per heavy atom. The van der Waals surface area contributed by atoms with Gasteiger partial charge in [-0.3, -0.25) is 14.2 Å². The Kier molecular flexibility index (Phi) is 4.20. The van der Waals surface area contributed by atoms with Crippen LogP contribution in [0, 0.1) is 6.42 Å². The molecule has 4 rings (SSSR count). The molecule has 3 atom stereocenters. The number of ether oxygens (including phenoxy) is 1. The molecule has 1 aliphatic heterocycles. The Bertz CT molecular complexity index is 869. The number of aliphatic hydroxyl groups excluding tert-OH is 1. The number of fused-ring (bicyclic) bond motifs is 3. The van der Waals surface area contributed by atoms with Crippen LogP contribution in [0.5, 0.6) is 0 Å². The fourth-order valence-electron chi connectivity index (χ4n) is 2.76. The van der Waals surface area contributed by atoms with Gasteiger partial charge in [-0.1, -0.05) is 6.92 Å². The number of aromatic amines is 1. The van der Waals surface area contributed by atoms with Crippen molar-refractivity contribution in [2.75, 3.05) is 0 Å². The van der Waals surface area contributed by atoms with Gasteiger partial charge >= 0.3 is 0 Å². The van der Waals surface area contributed by atoms with Crippen LogP contribution in [0.15, 0.2) is 23.5 Å². The van der Waals surface area contributed by atoms with Gasteiger partial charge in [-0.25, -0.2) is 16.4 Å². The summed E-state index contributed by atoms with van der Waals surface area (Å²) in [7, 11) is 0. The summed E-state index contributed by atoms with van der Waals surface area (Å²) in [4.78, 5) is 22.9. The maximum atomic E-state index is 12.0. The van der Waals surface area contributed by atoms with E-state index >= 15 is 0 Å². The zero-order valence-electron chi connectivity index (χ0n) is 11.9. The van der Waals surface area contributed by atoms with E-state index in [1.165, 1.54) is 0 Å². The molecule has 3 aromatic rings. The molecule has 113 valence electrons. The first-order valence-corrected chi connectivity index (χ1v) is 6.79. The van der Waals surface area contributed by atoms with Crippen molar-refractivity contribution in [1.82, 2.24) is 23.9 Å². The summed E-state index contributed by atoms with van der Waals surface area (Å²) in [5.41, 5.74) is 0.608. The van der Waals surface area contributed by atoms with Crippen molar-refractivity contribution in [2.24, 2.45) is 0 Å². The van der Waals surface area contributed by atoms with Crippen LogP contribution in [0.2, 0.25) is 0 Å². The van der Waals surface area contributed by atoms with Crippen molar-refractivity contribution < 1.29 is 42.6 Å². The second kappa shape index (κ2) is 5.84. The van der Waals surface area contributed by atoms with Gasteiger partial charge < -0.3 is 14.4 Å². The van der Waals surface area contributed by atoms with Gasteiger partial charge in [0, 0.05) is 51.3 Å². The third-order valence-corrected chi connectivity index (χ3v) is 3.81. The molecule has 0 amide bonds. The molecule has 1 aliphatic rings. The Morgan fingerprint density at radius 2 is 2.32 bits per heavy atom. The van der Waals surface area contributed by atoms with Gasteiger partial charge in [0.2, 0.25) is 5.78 Å². The quantitative estimate of drug-likeness (QED) is 0.624. The molecular formula is C13H14N5O3Y-. The monoisotopic (exact) mass is 377 g/mol. The van der Waals surface area contributed by atoms with E-state index in [0.717, 1.165) is 0 Å². The second-order valence-corrected chi connectivity index (χ2v) is 5.06. The molecule has 0 spiro atoms. The van der Waals surface area contributed by atoms with Gasteiger partial charge in [-0.15, -0.1) is 0 Å². The van der Waals surface area contributed by atoms with E-state index in [0.29, 0.717) is 23.4 Å². The number of H-pyrrole nitrogens is 1. The van der Waals surface area contributed by atoms with E-state index in [4.69, 9.17) is 4.74 Å². The number of nitrogens with one attached hydrogen (secondary N) is 1. The molecule has 8 nitrogen and oxygen atoms in total. The normalized spacial score (nSPS) is 24.9. The molecule has 4 heterocycles. The van der Waals surface area contributed by atoms with E-state index in [2.05, 4.69) is 15.0 Å². The summed E-state index contributed by atoms with van der Waals surface area (Å²) < 4.78 is 9.29. The van der Waals surface area contributed by atoms with Crippen LogP contribution in [0.3, 0.4) is 0 Å². The predicted molar refractivity (Wildman–Crippen MR) is 73.6 cm³/mol. The summed E-state index contributed by atoms with van der Waals surface area (Å²) >= 11 is 0. The average molecular weight is 377 g/mol. The number of hydrogen-bond donors (Lipinski definition) is 2. The maximum absolute atomic E-state index is 12.0. The zero-order chi connectivity index (χ0) is 14.6. The maximum Gasteiger partial charge on any atom is 0.280 e. The molecule has 0 aliphatic carbocycles. The average Bonchev–Trinajstić information content (AvgIpc) is 3.14. The van der Waals surface area contributed by atoms with Gasteiger partial charge in [0.05, 0.1) is 12.4 Å². The smallest absolute Gasteiger partial charge is 0.280 e. The summed E-state index contributed by atoms with van der Waals surface area (Å²) in [6.07, 6.45) is 5.99. The van der Waals surface area contributed by atoms with Crippen LogP contribution >= 0.6 is 0 Å². The third-order valence-electron chi connectivity index (χ3n) is 3.81. The fraction of sp³-hybridized carbons (Fsp3) is 0.385. The summed E-state index contributed by atoms with van der Waals surface area (Å²) in [5, 5.41) is 9.96. The Hall–Kier alpha value is -1.09. The van der Waals surface area contributed by atoms with Crippen molar-refractivity contribution in [3.8, 4) is 0 Å². The Morgan fingerprint density at radius 1 is 1.50 bits per heavy atom. The van der Waals surface area contributed by atoms with Crippen LogP contribution in [0.4, 0.5) is 0 Å². The van der Waals surface area contributed by atoms with Gasteiger partial charge in [-0.2, -0.15) is 0 Å². The molecule has 1 fully saturated rings. The van der Waals surface area contributed by atoms with Crippen LogP contribution in [-0.4, -0.2) is 41.2 Å². The number of aliphatic hydroxyl groups is 1. The van der Waals surface area contributed by atoms with E-state index in [1.807, 2.05) is 6.92 Å². The molecule has 0 saturated carbocycles. The van der Waals surface area contributed by atoms with Gasteiger partial charge in [0.1, 0.15) is 0 Å². The number of hydrogen-bond acceptors (Lipinski definition) is 5. The zero-order valence-corrected chi connectivity index (χ0v) is 14.7. The summed E-state index contributed by atoms with van der Waals surface area (Å²) in [5.74, 6) is 0.444. The molecule has 1 saturated heterocycles. The first-order valence-electron chi connectivity index (χ1n) is 6.79. The first-order chi connectivity index (χ1) is 10.2. The van der Waals surface area contributed by atoms with Crippen LogP contribution in [0.25, 0.3) is 16.9 Å². The van der Waals surface area contributed by atoms with E-state index in [9.17, 15) is 9.90 Å². The van der Waals surface area contributed by atoms with Crippen molar-refractivity contribution in [2.45, 2.75) is 31.8 Å². The predicted octanol–water partition coefficient (Wildman–Crippen LogP) is 0.242. The largest absolute Gasteiger partial charge is 0.422 e. The summed E-state index contributed by atoms with van der Waals surface area (Å²) in [6, 6.07) is 0. The first kappa shape index (κ1) is 15.8. The molecule has 22 heavy (non-hydrogen) atoms. The van der Waals surface area contributed by atoms with Gasteiger partial charge in [0.25, 0.3) is 5.56 Å². The van der Waals surface area contributed by atoms with Crippen LogP contribution in [-0.2, 0) is 37.4 Å². The molecule has 9 heteroatoms. The molecule has 3 unspecified atom stereocenters. The van der Waals surface area contributed by atoms with Crippen molar-refractivity contribution in [3.63, 3.8) is 0 Å². The molecule has 2 N–H and O–H groups in total. The molecular weight excluding hydrogens is 363 g/mol. The van der Waals surface area contributed by atoms with Crippen LogP contribution in [0.1, 0.15) is 19.6 Å². The van der Waals surface area contributed by atoms with Crippen LogP contribution < -0.4 is 5.56 Å². The summed E-state index contributed by atoms with van der Waals surface area (Å²) in [6.45, 7) is 1.95. The standard InChI is InChI=1S/C13H14N5O3.Y/c1-2-8-7(19)5-9(21-8)18-6-15-10-11(20)16-13-14-3-4-17(13)12(10)18;/h3-9,19H,2H2,1H3,(H,14,16,20);/q-1;. The SMILES string of the molecule is CCC1OC(n2cnc3c(=O)[nH]c4nccn4c32)[CH-]C1O.[Y]. The Labute approximate surface area is 150 Å². The van der Waals surface area contributed by atoms with E-state index in [1.54, 1.807) is 34.1 Å². The van der Waals surface area contributed by atoms with Gasteiger partial charge in [-0.05, 0) is 12.5 Å².